The molecule has 0 aromatic rings. The van der Waals surface area contributed by atoms with Crippen LogP contribution in [-0.4, -0.2) is 10.6 Å². The second-order valence-electron chi connectivity index (χ2n) is 1.23. The van der Waals surface area contributed by atoms with Crippen molar-refractivity contribution in [2.24, 2.45) is 0 Å². The van der Waals surface area contributed by atoms with E-state index in [4.69, 9.17) is 0 Å². The Morgan fingerprint density at radius 3 is 2.71 bits per heavy atom. The van der Waals surface area contributed by atoms with Crippen molar-refractivity contribution in [2.75, 3.05) is 6.54 Å². The van der Waals surface area contributed by atoms with Gasteiger partial charge in [0, 0.05) is 0 Å². The quantitative estimate of drug-likeness (QED) is 0.732. The summed E-state index contributed by atoms with van der Waals surface area (Å²) in [7, 11) is 0. The van der Waals surface area contributed by atoms with Crippen LogP contribution in [0.2, 0.25) is 0 Å². The van der Waals surface area contributed by atoms with E-state index in [0.29, 0.717) is 0 Å². The average Bonchev–Trinajstić information content (AvgIpc) is 1.61. The first-order valence-corrected chi connectivity index (χ1v) is 3.59. The molecule has 0 bridgehead atoms. The van der Waals surface area contributed by atoms with Gasteiger partial charge in [0.1, 0.15) is 0 Å². The molecule has 0 aromatic carbocycles. The van der Waals surface area contributed by atoms with Gasteiger partial charge in [-0.2, -0.15) is 0 Å². The average molecular weight is 267 g/mol. The molecule has 0 aliphatic heterocycles. The summed E-state index contributed by atoms with van der Waals surface area (Å²) in [5, 5.41) is 3.13. The van der Waals surface area contributed by atoms with E-state index in [0.717, 1.165) is 6.54 Å². The van der Waals surface area contributed by atoms with Gasteiger partial charge in [-0.25, -0.2) is 0 Å². The van der Waals surface area contributed by atoms with Crippen molar-refractivity contribution >= 4 is 4.02 Å². The first kappa shape index (κ1) is 7.26. The second kappa shape index (κ2) is 4.42. The van der Waals surface area contributed by atoms with E-state index >= 15 is 0 Å². The van der Waals surface area contributed by atoms with Crippen LogP contribution in [0, 0.1) is 0 Å². The van der Waals surface area contributed by atoms with Gasteiger partial charge < -0.3 is 0 Å². The van der Waals surface area contributed by atoms with Crippen LogP contribution in [0.25, 0.3) is 0 Å². The molecular weight excluding hydrogens is 258 g/mol. The molecule has 0 spiro atoms. The van der Waals surface area contributed by atoms with E-state index in [1.807, 2.05) is 6.08 Å². The van der Waals surface area contributed by atoms with Crippen LogP contribution in [-0.2, 0) is 19.4 Å². The SMILES string of the molecule is C=CCN[C](C)=[W]. The number of rotatable bonds is 3. The molecule has 0 rings (SSSR count). The molecule has 0 saturated heterocycles. The molecule has 0 aliphatic carbocycles. The summed E-state index contributed by atoms with van der Waals surface area (Å²) >= 11 is 1.50. The first-order valence-electron chi connectivity index (χ1n) is 2.12. The normalized spacial score (nSPS) is 8.14. The Morgan fingerprint density at radius 2 is 2.57 bits per heavy atom. The van der Waals surface area contributed by atoms with Crippen LogP contribution in [0.15, 0.2) is 12.7 Å². The van der Waals surface area contributed by atoms with Crippen molar-refractivity contribution < 1.29 is 19.4 Å². The van der Waals surface area contributed by atoms with Crippen molar-refractivity contribution in [1.82, 2.24) is 5.32 Å². The molecule has 0 atom stereocenters. The first-order chi connectivity index (χ1) is 3.27. The molecular formula is C5H9NW. The molecule has 1 nitrogen and oxygen atoms in total. The van der Waals surface area contributed by atoms with Gasteiger partial charge in [-0.3, -0.25) is 0 Å². The maximum absolute atomic E-state index is 3.57. The van der Waals surface area contributed by atoms with Gasteiger partial charge in [0.2, 0.25) is 0 Å². The summed E-state index contributed by atoms with van der Waals surface area (Å²) in [6, 6.07) is 0. The third-order valence-electron chi connectivity index (χ3n) is 0.495. The summed E-state index contributed by atoms with van der Waals surface area (Å²) < 4.78 is 1.32. The zero-order chi connectivity index (χ0) is 5.70. The van der Waals surface area contributed by atoms with Crippen molar-refractivity contribution in [3.8, 4) is 0 Å². The third-order valence-corrected chi connectivity index (χ3v) is 1.01. The molecule has 0 heterocycles. The summed E-state index contributed by atoms with van der Waals surface area (Å²) in [5.74, 6) is 0. The minimum atomic E-state index is 0.898. The predicted molar refractivity (Wildman–Crippen MR) is 28.9 cm³/mol. The fraction of sp³-hybridized carbons (Fsp3) is 0.400. The Kier molecular flexibility index (Phi) is 4.58. The Morgan fingerprint density at radius 1 is 2.00 bits per heavy atom. The van der Waals surface area contributed by atoms with Gasteiger partial charge in [0.05, 0.1) is 0 Å². The zero-order valence-corrected chi connectivity index (χ0v) is 7.33. The standard InChI is InChI=1S/C5H9N.W/c1-3-5-6-4-2;/h3,6H,1,5H2,2H3;. The van der Waals surface area contributed by atoms with Gasteiger partial charge in [0.15, 0.2) is 0 Å². The van der Waals surface area contributed by atoms with Crippen LogP contribution in [0.4, 0.5) is 0 Å². The Balaban J connectivity index is 2.97. The maximum atomic E-state index is 3.57. The molecule has 1 N–H and O–H groups in total. The molecule has 0 amide bonds. The van der Waals surface area contributed by atoms with Crippen LogP contribution >= 0.6 is 0 Å². The summed E-state index contributed by atoms with van der Waals surface area (Å²) in [5.41, 5.74) is 0. The molecule has 0 fully saturated rings. The van der Waals surface area contributed by atoms with Crippen LogP contribution in [0.1, 0.15) is 6.92 Å². The van der Waals surface area contributed by atoms with Crippen molar-refractivity contribution in [2.45, 2.75) is 6.92 Å². The Hall–Kier alpha value is 0.258. The fourth-order valence-electron chi connectivity index (χ4n) is 0.216. The van der Waals surface area contributed by atoms with Gasteiger partial charge in [-0.1, -0.05) is 0 Å². The molecule has 0 saturated carbocycles. The van der Waals surface area contributed by atoms with E-state index in [1.54, 1.807) is 0 Å². The monoisotopic (exact) mass is 267 g/mol. The van der Waals surface area contributed by atoms with E-state index in [1.165, 1.54) is 23.4 Å². The molecule has 2 heteroatoms. The van der Waals surface area contributed by atoms with Crippen molar-refractivity contribution in [3.05, 3.63) is 12.7 Å². The molecule has 0 unspecified atom stereocenters. The Labute approximate surface area is 55.2 Å². The molecule has 0 aromatic heterocycles. The van der Waals surface area contributed by atoms with Crippen LogP contribution in [0.3, 0.4) is 0 Å². The summed E-state index contributed by atoms with van der Waals surface area (Å²) in [4.78, 5) is 0. The van der Waals surface area contributed by atoms with Gasteiger partial charge in [0.25, 0.3) is 0 Å². The Bertz CT molecular complexity index is 78.1. The van der Waals surface area contributed by atoms with Crippen LogP contribution < -0.4 is 5.32 Å². The third kappa shape index (κ3) is 6.26. The van der Waals surface area contributed by atoms with Gasteiger partial charge in [-0.05, 0) is 0 Å². The van der Waals surface area contributed by atoms with E-state index in [9.17, 15) is 0 Å². The van der Waals surface area contributed by atoms with Gasteiger partial charge >= 0.3 is 54.8 Å². The minimum absolute atomic E-state index is 0.898. The van der Waals surface area contributed by atoms with E-state index in [-0.39, 0.29) is 0 Å². The van der Waals surface area contributed by atoms with Crippen LogP contribution in [0.5, 0.6) is 0 Å². The predicted octanol–water partition coefficient (Wildman–Crippen LogP) is 0.459. The van der Waals surface area contributed by atoms with Crippen molar-refractivity contribution in [3.63, 3.8) is 0 Å². The second-order valence-corrected chi connectivity index (χ2v) is 3.43. The fourth-order valence-corrected chi connectivity index (χ4v) is 0.515. The summed E-state index contributed by atoms with van der Waals surface area (Å²) in [6.45, 7) is 6.53. The summed E-state index contributed by atoms with van der Waals surface area (Å²) in [6.07, 6.45) is 1.85. The topological polar surface area (TPSA) is 12.0 Å². The zero-order valence-electron chi connectivity index (χ0n) is 4.40. The molecule has 0 radical (unpaired) electrons. The number of nitrogens with one attached hydrogen (secondary N) is 1. The van der Waals surface area contributed by atoms with E-state index in [2.05, 4.69) is 18.8 Å². The molecule has 40 valence electrons. The molecule has 7 heavy (non-hydrogen) atoms. The number of hydrogen-bond donors (Lipinski definition) is 1. The van der Waals surface area contributed by atoms with Crippen molar-refractivity contribution in [1.29, 1.82) is 0 Å². The number of hydrogen-bond acceptors (Lipinski definition) is 1. The van der Waals surface area contributed by atoms with E-state index < -0.39 is 0 Å². The molecule has 0 aliphatic rings. The van der Waals surface area contributed by atoms with Gasteiger partial charge in [-0.15, -0.1) is 0 Å².